The van der Waals surface area contributed by atoms with Crippen LogP contribution in [0.15, 0.2) is 18.3 Å². The van der Waals surface area contributed by atoms with Gasteiger partial charge in [0.25, 0.3) is 0 Å². The zero-order valence-electron chi connectivity index (χ0n) is 8.62. The van der Waals surface area contributed by atoms with Gasteiger partial charge in [-0.3, -0.25) is 9.19 Å². The fraction of sp³-hybridized carbons (Fsp3) is 0.500. The molecule has 0 aliphatic carbocycles. The predicted molar refractivity (Wildman–Crippen MR) is 59.6 cm³/mol. The van der Waals surface area contributed by atoms with Crippen molar-refractivity contribution in [2.24, 2.45) is 0 Å². The average Bonchev–Trinajstić information content (AvgIpc) is 2.15. The highest BCUT2D eigenvalue weighted by molar-refractivity contribution is 7.84. The van der Waals surface area contributed by atoms with E-state index in [9.17, 15) is 4.21 Å². The van der Waals surface area contributed by atoms with E-state index in [1.54, 1.807) is 12.5 Å². The molecule has 0 spiro atoms. The Kier molecular flexibility index (Phi) is 4.76. The predicted octanol–water partition coefficient (Wildman–Crippen LogP) is 0.858. The first-order chi connectivity index (χ1) is 6.70. The molecule has 4 heteroatoms. The van der Waals surface area contributed by atoms with Crippen molar-refractivity contribution >= 4 is 10.8 Å². The fourth-order valence-electron chi connectivity index (χ4n) is 1.13. The van der Waals surface area contributed by atoms with Gasteiger partial charge in [-0.25, -0.2) is 0 Å². The topological polar surface area (TPSA) is 42.0 Å². The minimum absolute atomic E-state index is 0.700. The monoisotopic (exact) mass is 212 g/mol. The van der Waals surface area contributed by atoms with Crippen molar-refractivity contribution in [1.29, 1.82) is 0 Å². The molecule has 0 aromatic carbocycles. The van der Waals surface area contributed by atoms with Crippen LogP contribution in [0.25, 0.3) is 0 Å². The number of hydrogen-bond donors (Lipinski definition) is 1. The zero-order chi connectivity index (χ0) is 10.4. The molecule has 0 aliphatic heterocycles. The first-order valence-corrected chi connectivity index (χ1v) is 6.34. The van der Waals surface area contributed by atoms with Crippen molar-refractivity contribution in [1.82, 2.24) is 10.3 Å². The first-order valence-electron chi connectivity index (χ1n) is 4.61. The maximum absolute atomic E-state index is 10.8. The molecule has 1 unspecified atom stereocenters. The molecular weight excluding hydrogens is 196 g/mol. The van der Waals surface area contributed by atoms with E-state index in [0.717, 1.165) is 18.8 Å². The largest absolute Gasteiger partial charge is 0.310 e. The lowest BCUT2D eigenvalue weighted by Gasteiger charge is -2.05. The third kappa shape index (κ3) is 3.98. The summed E-state index contributed by atoms with van der Waals surface area (Å²) in [7, 11) is -0.712. The molecule has 78 valence electrons. The molecule has 1 atom stereocenters. The van der Waals surface area contributed by atoms with Crippen LogP contribution < -0.4 is 5.32 Å². The highest BCUT2D eigenvalue weighted by atomic mass is 32.2. The average molecular weight is 212 g/mol. The third-order valence-corrected chi connectivity index (χ3v) is 2.76. The number of pyridine rings is 1. The van der Waals surface area contributed by atoms with Crippen molar-refractivity contribution in [3.63, 3.8) is 0 Å². The number of nitrogens with one attached hydrogen (secondary N) is 1. The Morgan fingerprint density at radius 1 is 1.57 bits per heavy atom. The molecule has 1 rings (SSSR count). The van der Waals surface area contributed by atoms with Crippen LogP contribution in [0.3, 0.4) is 0 Å². The Bertz CT molecular complexity index is 315. The van der Waals surface area contributed by atoms with Crippen LogP contribution in [0.4, 0.5) is 0 Å². The van der Waals surface area contributed by atoms with Gasteiger partial charge in [-0.1, -0.05) is 6.07 Å². The van der Waals surface area contributed by atoms with E-state index >= 15 is 0 Å². The molecule has 0 fully saturated rings. The van der Waals surface area contributed by atoms with Gasteiger partial charge in [-0.15, -0.1) is 0 Å². The second-order valence-corrected chi connectivity index (χ2v) is 4.78. The molecule has 0 bridgehead atoms. The Balaban J connectivity index is 2.31. The van der Waals surface area contributed by atoms with Gasteiger partial charge in [0.15, 0.2) is 0 Å². The van der Waals surface area contributed by atoms with Crippen LogP contribution in [0, 0.1) is 6.92 Å². The smallest absolute Gasteiger partial charge is 0.0570 e. The Hall–Kier alpha value is -0.740. The maximum atomic E-state index is 10.8. The normalized spacial score (nSPS) is 12.7. The number of rotatable bonds is 5. The van der Waals surface area contributed by atoms with Gasteiger partial charge in [0.05, 0.1) is 5.69 Å². The van der Waals surface area contributed by atoms with Crippen molar-refractivity contribution in [3.8, 4) is 0 Å². The molecule has 0 aliphatic rings. The van der Waals surface area contributed by atoms with Crippen molar-refractivity contribution in [3.05, 3.63) is 29.6 Å². The summed E-state index contributed by atoms with van der Waals surface area (Å²) >= 11 is 0. The van der Waals surface area contributed by atoms with E-state index in [0.29, 0.717) is 5.75 Å². The highest BCUT2D eigenvalue weighted by Gasteiger charge is 1.97. The second kappa shape index (κ2) is 5.88. The van der Waals surface area contributed by atoms with E-state index in [-0.39, 0.29) is 0 Å². The summed E-state index contributed by atoms with van der Waals surface area (Å²) in [5.41, 5.74) is 2.26. The molecule has 1 N–H and O–H groups in total. The van der Waals surface area contributed by atoms with Crippen LogP contribution >= 0.6 is 0 Å². The first kappa shape index (κ1) is 11.3. The molecule has 3 nitrogen and oxygen atoms in total. The number of nitrogens with zero attached hydrogens (tertiary/aromatic N) is 1. The summed E-state index contributed by atoms with van der Waals surface area (Å²) in [6.45, 7) is 3.57. The van der Waals surface area contributed by atoms with Gasteiger partial charge in [-0.05, 0) is 18.6 Å². The summed E-state index contributed by atoms with van der Waals surface area (Å²) in [6.07, 6.45) is 3.51. The van der Waals surface area contributed by atoms with Crippen LogP contribution in [0.1, 0.15) is 11.3 Å². The SMILES string of the molecule is Cc1cccnc1CNCCS(C)=O. The van der Waals surface area contributed by atoms with E-state index in [2.05, 4.69) is 10.3 Å². The molecule has 1 aromatic rings. The standard InChI is InChI=1S/C10H16N2OS/c1-9-4-3-5-12-10(9)8-11-6-7-14(2)13/h3-5,11H,6-8H2,1-2H3. The second-order valence-electron chi connectivity index (χ2n) is 3.22. The molecule has 0 amide bonds. The summed E-state index contributed by atoms with van der Waals surface area (Å²) in [4.78, 5) is 4.26. The van der Waals surface area contributed by atoms with Gasteiger partial charge in [0.1, 0.15) is 0 Å². The number of aromatic nitrogens is 1. The molecule has 0 saturated carbocycles. The van der Waals surface area contributed by atoms with Crippen LogP contribution in [-0.4, -0.2) is 27.7 Å². The summed E-state index contributed by atoms with van der Waals surface area (Å²) in [6, 6.07) is 3.97. The Morgan fingerprint density at radius 2 is 2.36 bits per heavy atom. The number of hydrogen-bond acceptors (Lipinski definition) is 3. The Labute approximate surface area is 87.4 Å². The number of aryl methyl sites for hydroxylation is 1. The van der Waals surface area contributed by atoms with Crippen LogP contribution in [0.2, 0.25) is 0 Å². The molecule has 0 radical (unpaired) electrons. The van der Waals surface area contributed by atoms with E-state index in [1.165, 1.54) is 5.56 Å². The molecule has 1 heterocycles. The lowest BCUT2D eigenvalue weighted by Crippen LogP contribution is -2.20. The van der Waals surface area contributed by atoms with E-state index in [1.807, 2.05) is 19.1 Å². The quantitative estimate of drug-likeness (QED) is 0.736. The van der Waals surface area contributed by atoms with Crippen molar-refractivity contribution in [2.45, 2.75) is 13.5 Å². The van der Waals surface area contributed by atoms with Crippen LogP contribution in [0.5, 0.6) is 0 Å². The van der Waals surface area contributed by atoms with Crippen molar-refractivity contribution in [2.75, 3.05) is 18.6 Å². The minimum Gasteiger partial charge on any atom is -0.310 e. The van der Waals surface area contributed by atoms with E-state index in [4.69, 9.17) is 0 Å². The van der Waals surface area contributed by atoms with E-state index < -0.39 is 10.8 Å². The van der Waals surface area contributed by atoms with Crippen LogP contribution in [-0.2, 0) is 17.3 Å². The van der Waals surface area contributed by atoms with Gasteiger partial charge >= 0.3 is 0 Å². The molecular formula is C10H16N2OS. The maximum Gasteiger partial charge on any atom is 0.0570 e. The summed E-state index contributed by atoms with van der Waals surface area (Å²) < 4.78 is 10.8. The molecule has 0 saturated heterocycles. The Morgan fingerprint density at radius 3 is 3.00 bits per heavy atom. The van der Waals surface area contributed by atoms with Gasteiger partial charge in [0.2, 0.25) is 0 Å². The summed E-state index contributed by atoms with van der Waals surface area (Å²) in [5.74, 6) is 0.700. The lowest BCUT2D eigenvalue weighted by molar-refractivity contribution is 0.673. The fourth-order valence-corrected chi connectivity index (χ4v) is 1.56. The van der Waals surface area contributed by atoms with Gasteiger partial charge in [-0.2, -0.15) is 0 Å². The molecule has 1 aromatic heterocycles. The van der Waals surface area contributed by atoms with Gasteiger partial charge < -0.3 is 5.32 Å². The van der Waals surface area contributed by atoms with Crippen molar-refractivity contribution < 1.29 is 4.21 Å². The highest BCUT2D eigenvalue weighted by Crippen LogP contribution is 2.01. The summed E-state index contributed by atoms with van der Waals surface area (Å²) in [5, 5.41) is 3.22. The third-order valence-electron chi connectivity index (χ3n) is 1.98. The minimum atomic E-state index is -0.712. The molecule has 14 heavy (non-hydrogen) atoms. The zero-order valence-corrected chi connectivity index (χ0v) is 9.43. The lowest BCUT2D eigenvalue weighted by atomic mass is 10.2. The van der Waals surface area contributed by atoms with Gasteiger partial charge in [0, 0.05) is 42.1 Å².